The van der Waals surface area contributed by atoms with Crippen molar-refractivity contribution < 1.29 is 8.42 Å². The maximum atomic E-state index is 11.8. The summed E-state index contributed by atoms with van der Waals surface area (Å²) >= 11 is 0. The second kappa shape index (κ2) is 4.11. The number of nitriles is 1. The molecule has 86 valence electrons. The molecule has 0 spiro atoms. The SMILES string of the molecule is CCC(C#N)S(=O)(=O)NC(C)(C)C1CC1. The molecule has 0 aromatic heterocycles. The Labute approximate surface area is 91.7 Å². The Morgan fingerprint density at radius 1 is 1.53 bits per heavy atom. The van der Waals surface area contributed by atoms with Gasteiger partial charge in [-0.2, -0.15) is 5.26 Å². The summed E-state index contributed by atoms with van der Waals surface area (Å²) in [5.74, 6) is 0.420. The first-order valence-corrected chi connectivity index (χ1v) is 6.80. The van der Waals surface area contributed by atoms with Crippen molar-refractivity contribution in [1.82, 2.24) is 4.72 Å². The van der Waals surface area contributed by atoms with Crippen LogP contribution in [0.25, 0.3) is 0 Å². The molecule has 1 aliphatic carbocycles. The molecule has 1 atom stereocenters. The molecule has 1 N–H and O–H groups in total. The molecule has 0 aliphatic heterocycles. The van der Waals surface area contributed by atoms with Gasteiger partial charge in [-0.1, -0.05) is 6.92 Å². The van der Waals surface area contributed by atoms with E-state index in [0.717, 1.165) is 12.8 Å². The maximum Gasteiger partial charge on any atom is 0.228 e. The molecule has 0 heterocycles. The molecule has 1 fully saturated rings. The Morgan fingerprint density at radius 3 is 2.40 bits per heavy atom. The van der Waals surface area contributed by atoms with E-state index in [4.69, 9.17) is 5.26 Å². The fraction of sp³-hybridized carbons (Fsp3) is 0.900. The van der Waals surface area contributed by atoms with Crippen molar-refractivity contribution in [2.24, 2.45) is 5.92 Å². The molecule has 0 radical (unpaired) electrons. The van der Waals surface area contributed by atoms with Gasteiger partial charge in [0.15, 0.2) is 5.25 Å². The normalized spacial score (nSPS) is 19.6. The van der Waals surface area contributed by atoms with Crippen molar-refractivity contribution in [2.45, 2.75) is 50.8 Å². The number of hydrogen-bond acceptors (Lipinski definition) is 3. The van der Waals surface area contributed by atoms with Crippen LogP contribution in [0, 0.1) is 17.2 Å². The van der Waals surface area contributed by atoms with Crippen molar-refractivity contribution in [3.8, 4) is 6.07 Å². The highest BCUT2D eigenvalue weighted by atomic mass is 32.2. The highest BCUT2D eigenvalue weighted by Crippen LogP contribution is 2.39. The van der Waals surface area contributed by atoms with Gasteiger partial charge < -0.3 is 0 Å². The molecule has 4 nitrogen and oxygen atoms in total. The first-order chi connectivity index (χ1) is 6.83. The van der Waals surface area contributed by atoms with Crippen LogP contribution in [0.4, 0.5) is 0 Å². The number of hydrogen-bond donors (Lipinski definition) is 1. The molecular weight excluding hydrogens is 212 g/mol. The summed E-state index contributed by atoms with van der Waals surface area (Å²) in [7, 11) is -3.50. The van der Waals surface area contributed by atoms with E-state index in [9.17, 15) is 8.42 Å². The number of nitrogens with one attached hydrogen (secondary N) is 1. The van der Waals surface area contributed by atoms with Crippen molar-refractivity contribution >= 4 is 10.0 Å². The Kier molecular flexibility index (Phi) is 3.41. The zero-order valence-electron chi connectivity index (χ0n) is 9.45. The summed E-state index contributed by atoms with van der Waals surface area (Å²) in [6.07, 6.45) is 2.46. The summed E-state index contributed by atoms with van der Waals surface area (Å²) in [5, 5.41) is 7.81. The van der Waals surface area contributed by atoms with Crippen LogP contribution in [0.2, 0.25) is 0 Å². The minimum Gasteiger partial charge on any atom is -0.211 e. The summed E-state index contributed by atoms with van der Waals surface area (Å²) in [6.45, 7) is 5.47. The van der Waals surface area contributed by atoms with E-state index in [1.165, 1.54) is 0 Å². The zero-order valence-corrected chi connectivity index (χ0v) is 10.3. The lowest BCUT2D eigenvalue weighted by atomic mass is 10.0. The molecule has 0 bridgehead atoms. The summed E-state index contributed by atoms with van der Waals surface area (Å²) in [4.78, 5) is 0. The van der Waals surface area contributed by atoms with Gasteiger partial charge in [0.2, 0.25) is 10.0 Å². The quantitative estimate of drug-likeness (QED) is 0.776. The Bertz CT molecular complexity index is 363. The van der Waals surface area contributed by atoms with E-state index in [2.05, 4.69) is 4.72 Å². The molecule has 15 heavy (non-hydrogen) atoms. The van der Waals surface area contributed by atoms with Gasteiger partial charge in [0.05, 0.1) is 6.07 Å². The minimum atomic E-state index is -3.50. The summed E-state index contributed by atoms with van der Waals surface area (Å²) in [5.41, 5.74) is -0.414. The molecule has 0 aromatic rings. The van der Waals surface area contributed by atoms with Crippen LogP contribution in [0.5, 0.6) is 0 Å². The van der Waals surface area contributed by atoms with Crippen molar-refractivity contribution in [3.63, 3.8) is 0 Å². The molecular formula is C10H18N2O2S. The second-order valence-corrected chi connectivity index (χ2v) is 6.53. The monoisotopic (exact) mass is 230 g/mol. The third-order valence-electron chi connectivity index (χ3n) is 2.89. The topological polar surface area (TPSA) is 70.0 Å². The van der Waals surface area contributed by atoms with Crippen LogP contribution in [0.1, 0.15) is 40.0 Å². The summed E-state index contributed by atoms with van der Waals surface area (Å²) < 4.78 is 26.3. The van der Waals surface area contributed by atoms with Gasteiger partial charge in [0.25, 0.3) is 0 Å². The van der Waals surface area contributed by atoms with Crippen molar-refractivity contribution in [1.29, 1.82) is 5.26 Å². The Hall–Kier alpha value is -0.600. The summed E-state index contributed by atoms with van der Waals surface area (Å²) in [6, 6.07) is 1.82. The number of sulfonamides is 1. The maximum absolute atomic E-state index is 11.8. The van der Waals surface area contributed by atoms with Gasteiger partial charge >= 0.3 is 0 Å². The van der Waals surface area contributed by atoms with Crippen LogP contribution in [-0.2, 0) is 10.0 Å². The van der Waals surface area contributed by atoms with E-state index in [1.54, 1.807) is 6.92 Å². The fourth-order valence-electron chi connectivity index (χ4n) is 1.71. The minimum absolute atomic E-state index is 0.326. The number of nitrogens with zero attached hydrogens (tertiary/aromatic N) is 1. The van der Waals surface area contributed by atoms with E-state index < -0.39 is 20.8 Å². The van der Waals surface area contributed by atoms with Crippen LogP contribution in [0.15, 0.2) is 0 Å². The standard InChI is InChI=1S/C10H18N2O2S/c1-4-9(7-11)15(13,14)12-10(2,3)8-5-6-8/h8-9,12H,4-6H2,1-3H3. The van der Waals surface area contributed by atoms with Crippen LogP contribution < -0.4 is 4.72 Å². The third kappa shape index (κ3) is 2.93. The highest BCUT2D eigenvalue weighted by Gasteiger charge is 2.41. The molecule has 1 aliphatic rings. The van der Waals surface area contributed by atoms with E-state index >= 15 is 0 Å². The molecule has 1 unspecified atom stereocenters. The average molecular weight is 230 g/mol. The molecule has 0 amide bonds. The Morgan fingerprint density at radius 2 is 2.07 bits per heavy atom. The third-order valence-corrected chi connectivity index (χ3v) is 4.89. The molecule has 1 saturated carbocycles. The fourth-order valence-corrected chi connectivity index (χ4v) is 3.33. The van der Waals surface area contributed by atoms with Gasteiger partial charge in [0.1, 0.15) is 0 Å². The predicted octanol–water partition coefficient (Wildman–Crippen LogP) is 1.40. The van der Waals surface area contributed by atoms with Gasteiger partial charge in [-0.3, -0.25) is 0 Å². The van der Waals surface area contributed by atoms with Gasteiger partial charge in [0, 0.05) is 5.54 Å². The largest absolute Gasteiger partial charge is 0.228 e. The lowest BCUT2D eigenvalue weighted by molar-refractivity contribution is 0.399. The first-order valence-electron chi connectivity index (χ1n) is 5.26. The van der Waals surface area contributed by atoms with Gasteiger partial charge in [-0.15, -0.1) is 0 Å². The zero-order chi connectivity index (χ0) is 11.7. The van der Waals surface area contributed by atoms with Crippen molar-refractivity contribution in [2.75, 3.05) is 0 Å². The smallest absolute Gasteiger partial charge is 0.211 e. The Balaban J connectivity index is 2.75. The van der Waals surface area contributed by atoms with Gasteiger partial charge in [-0.05, 0) is 39.0 Å². The first kappa shape index (κ1) is 12.5. The average Bonchev–Trinajstić information content (AvgIpc) is 2.84. The van der Waals surface area contributed by atoms with Crippen LogP contribution >= 0.6 is 0 Å². The van der Waals surface area contributed by atoms with E-state index in [-0.39, 0.29) is 0 Å². The molecule has 1 rings (SSSR count). The van der Waals surface area contributed by atoms with Crippen LogP contribution in [0.3, 0.4) is 0 Å². The molecule has 0 saturated heterocycles. The molecule has 5 heteroatoms. The molecule has 0 aromatic carbocycles. The van der Waals surface area contributed by atoms with Crippen LogP contribution in [-0.4, -0.2) is 19.2 Å². The van der Waals surface area contributed by atoms with Gasteiger partial charge in [-0.25, -0.2) is 13.1 Å². The lowest BCUT2D eigenvalue weighted by Crippen LogP contribution is -2.48. The lowest BCUT2D eigenvalue weighted by Gasteiger charge is -2.26. The highest BCUT2D eigenvalue weighted by molar-refractivity contribution is 7.90. The van der Waals surface area contributed by atoms with E-state index in [1.807, 2.05) is 19.9 Å². The van der Waals surface area contributed by atoms with E-state index in [0.29, 0.717) is 12.3 Å². The predicted molar refractivity (Wildman–Crippen MR) is 58.6 cm³/mol. The van der Waals surface area contributed by atoms with Crippen molar-refractivity contribution in [3.05, 3.63) is 0 Å². The second-order valence-electron chi connectivity index (χ2n) is 4.67. The number of rotatable bonds is 5.